The minimum absolute atomic E-state index is 0.0314. The van der Waals surface area contributed by atoms with Gasteiger partial charge in [-0.05, 0) is 31.0 Å². The third kappa shape index (κ3) is 3.33. The van der Waals surface area contributed by atoms with Crippen LogP contribution in [0.15, 0.2) is 18.2 Å². The zero-order chi connectivity index (χ0) is 13.8. The Balaban J connectivity index is 2.00. The highest BCUT2D eigenvalue weighted by Crippen LogP contribution is 2.28. The van der Waals surface area contributed by atoms with E-state index in [1.165, 1.54) is 18.2 Å². The predicted octanol–water partition coefficient (Wildman–Crippen LogP) is 2.24. The Kier molecular flexibility index (Phi) is 4.19. The quantitative estimate of drug-likeness (QED) is 0.824. The zero-order valence-electron chi connectivity index (χ0n) is 10.5. The fourth-order valence-electron chi connectivity index (χ4n) is 2.17. The fourth-order valence-corrected chi connectivity index (χ4v) is 2.17. The third-order valence-electron chi connectivity index (χ3n) is 3.20. The van der Waals surface area contributed by atoms with Crippen molar-refractivity contribution in [3.05, 3.63) is 23.8 Å². The molecule has 2 rings (SSSR count). The van der Waals surface area contributed by atoms with Crippen molar-refractivity contribution < 1.29 is 13.6 Å². The summed E-state index contributed by atoms with van der Waals surface area (Å²) in [5, 5.41) is 2.77. The minimum atomic E-state index is -2.62. The number of likely N-dealkylation sites (tertiary alicyclic amines) is 1. The van der Waals surface area contributed by atoms with Gasteiger partial charge in [0, 0.05) is 30.0 Å². The van der Waals surface area contributed by atoms with Crippen LogP contribution in [0.1, 0.15) is 24.8 Å². The molecule has 1 aromatic rings. The van der Waals surface area contributed by atoms with E-state index in [1.807, 2.05) is 0 Å². The number of nitrogens with zero attached hydrogens (tertiary/aromatic N) is 1. The molecule has 104 valence electrons. The van der Waals surface area contributed by atoms with Gasteiger partial charge in [0.15, 0.2) is 0 Å². The summed E-state index contributed by atoms with van der Waals surface area (Å²) in [7, 11) is 0. The van der Waals surface area contributed by atoms with E-state index in [2.05, 4.69) is 5.32 Å². The van der Waals surface area contributed by atoms with Crippen molar-refractivity contribution in [3.8, 4) is 0 Å². The Hall–Kier alpha value is -1.85. The number of hydrogen-bond acceptors (Lipinski definition) is 3. The fraction of sp³-hybridized carbons (Fsp3) is 0.462. The number of rotatable bonds is 4. The minimum Gasteiger partial charge on any atom is -0.399 e. The molecule has 0 atom stereocenters. The maximum Gasteiger partial charge on any atom is 0.265 e. The van der Waals surface area contributed by atoms with Crippen LogP contribution in [0.25, 0.3) is 0 Å². The molecular weight excluding hydrogens is 252 g/mol. The predicted molar refractivity (Wildman–Crippen MR) is 70.1 cm³/mol. The summed E-state index contributed by atoms with van der Waals surface area (Å²) >= 11 is 0. The van der Waals surface area contributed by atoms with Crippen LogP contribution in [0.4, 0.5) is 20.2 Å². The number of nitrogens with one attached hydrogen (secondary N) is 1. The van der Waals surface area contributed by atoms with Gasteiger partial charge < -0.3 is 16.0 Å². The lowest BCUT2D eigenvalue weighted by Crippen LogP contribution is -2.33. The molecule has 1 saturated heterocycles. The maximum absolute atomic E-state index is 12.8. The van der Waals surface area contributed by atoms with Gasteiger partial charge in [-0.3, -0.25) is 4.79 Å². The van der Waals surface area contributed by atoms with Crippen LogP contribution in [-0.2, 0) is 4.79 Å². The summed E-state index contributed by atoms with van der Waals surface area (Å²) in [6.07, 6.45) is -0.598. The number of nitrogens with two attached hydrogens (primary N) is 1. The van der Waals surface area contributed by atoms with Crippen LogP contribution in [0, 0.1) is 0 Å². The molecule has 1 fully saturated rings. The normalized spacial score (nSPS) is 15.0. The molecule has 0 radical (unpaired) electrons. The highest BCUT2D eigenvalue weighted by atomic mass is 19.3. The third-order valence-corrected chi connectivity index (χ3v) is 3.20. The van der Waals surface area contributed by atoms with Crippen LogP contribution < -0.4 is 11.1 Å². The molecule has 1 amide bonds. The highest BCUT2D eigenvalue weighted by molar-refractivity contribution is 5.81. The molecule has 1 heterocycles. The lowest BCUT2D eigenvalue weighted by Gasteiger charge is -2.17. The van der Waals surface area contributed by atoms with E-state index in [-0.39, 0.29) is 29.4 Å². The summed E-state index contributed by atoms with van der Waals surface area (Å²) in [6.45, 7) is 1.54. The van der Waals surface area contributed by atoms with Crippen molar-refractivity contribution in [2.75, 3.05) is 30.7 Å². The first-order chi connectivity index (χ1) is 9.08. The van der Waals surface area contributed by atoms with Gasteiger partial charge in [0.2, 0.25) is 5.91 Å². The number of benzene rings is 1. The first kappa shape index (κ1) is 13.6. The van der Waals surface area contributed by atoms with Gasteiger partial charge in [0.05, 0.1) is 6.54 Å². The van der Waals surface area contributed by atoms with E-state index < -0.39 is 6.43 Å². The Labute approximate surface area is 110 Å². The highest BCUT2D eigenvalue weighted by Gasteiger charge is 2.19. The molecule has 0 aliphatic carbocycles. The van der Waals surface area contributed by atoms with Crippen molar-refractivity contribution in [1.82, 2.24) is 4.90 Å². The SMILES string of the molecule is Nc1ccc(NCC(=O)N2CCCC2)c(C(F)F)c1. The number of alkyl halides is 2. The van der Waals surface area contributed by atoms with Gasteiger partial charge in [0.25, 0.3) is 6.43 Å². The van der Waals surface area contributed by atoms with Gasteiger partial charge >= 0.3 is 0 Å². The Morgan fingerprint density at radius 1 is 1.37 bits per heavy atom. The molecular formula is C13H17F2N3O. The molecule has 0 saturated carbocycles. The van der Waals surface area contributed by atoms with Crippen LogP contribution in [-0.4, -0.2) is 30.4 Å². The van der Waals surface area contributed by atoms with E-state index in [1.54, 1.807) is 4.90 Å². The van der Waals surface area contributed by atoms with Gasteiger partial charge in [-0.25, -0.2) is 8.78 Å². The lowest BCUT2D eigenvalue weighted by atomic mass is 10.1. The van der Waals surface area contributed by atoms with E-state index >= 15 is 0 Å². The van der Waals surface area contributed by atoms with E-state index in [4.69, 9.17) is 5.73 Å². The van der Waals surface area contributed by atoms with Crippen molar-refractivity contribution >= 4 is 17.3 Å². The summed E-state index contributed by atoms with van der Waals surface area (Å²) < 4.78 is 25.7. The van der Waals surface area contributed by atoms with Gasteiger partial charge in [-0.15, -0.1) is 0 Å². The molecule has 0 unspecified atom stereocenters. The largest absolute Gasteiger partial charge is 0.399 e. The van der Waals surface area contributed by atoms with Crippen molar-refractivity contribution in [2.24, 2.45) is 0 Å². The summed E-state index contributed by atoms with van der Waals surface area (Å²) in [6, 6.07) is 4.25. The van der Waals surface area contributed by atoms with Crippen LogP contribution in [0.5, 0.6) is 0 Å². The van der Waals surface area contributed by atoms with Crippen LogP contribution in [0.2, 0.25) is 0 Å². The van der Waals surface area contributed by atoms with Crippen molar-refractivity contribution in [3.63, 3.8) is 0 Å². The van der Waals surface area contributed by atoms with E-state index in [0.29, 0.717) is 0 Å². The summed E-state index contributed by atoms with van der Waals surface area (Å²) in [5.74, 6) is -0.0606. The van der Waals surface area contributed by atoms with Gasteiger partial charge in [-0.1, -0.05) is 0 Å². The Bertz CT molecular complexity index is 459. The number of carbonyl (C=O) groups is 1. The second-order valence-corrected chi connectivity index (χ2v) is 4.59. The molecule has 1 aliphatic heterocycles. The lowest BCUT2D eigenvalue weighted by molar-refractivity contribution is -0.128. The molecule has 0 aromatic heterocycles. The Morgan fingerprint density at radius 3 is 2.68 bits per heavy atom. The van der Waals surface area contributed by atoms with Crippen molar-refractivity contribution in [1.29, 1.82) is 0 Å². The average molecular weight is 269 g/mol. The second-order valence-electron chi connectivity index (χ2n) is 4.59. The zero-order valence-corrected chi connectivity index (χ0v) is 10.5. The number of nitrogen functional groups attached to an aromatic ring is 1. The topological polar surface area (TPSA) is 58.4 Å². The van der Waals surface area contributed by atoms with Crippen molar-refractivity contribution in [2.45, 2.75) is 19.3 Å². The molecule has 1 aliphatic rings. The maximum atomic E-state index is 12.8. The average Bonchev–Trinajstić information content (AvgIpc) is 2.90. The molecule has 1 aromatic carbocycles. The first-order valence-corrected chi connectivity index (χ1v) is 6.27. The van der Waals surface area contributed by atoms with E-state index in [0.717, 1.165) is 25.9 Å². The number of anilines is 2. The van der Waals surface area contributed by atoms with Gasteiger partial charge in [0.1, 0.15) is 0 Å². The number of hydrogen-bond donors (Lipinski definition) is 2. The standard InChI is InChI=1S/C13H17F2N3O/c14-13(15)10-7-9(16)3-4-11(10)17-8-12(19)18-5-1-2-6-18/h3-4,7,13,17H,1-2,5-6,8,16H2. The number of halogens is 2. The number of carbonyl (C=O) groups excluding carboxylic acids is 1. The molecule has 4 nitrogen and oxygen atoms in total. The van der Waals surface area contributed by atoms with E-state index in [9.17, 15) is 13.6 Å². The van der Waals surface area contributed by atoms with Crippen LogP contribution >= 0.6 is 0 Å². The van der Waals surface area contributed by atoms with Crippen LogP contribution in [0.3, 0.4) is 0 Å². The van der Waals surface area contributed by atoms with Gasteiger partial charge in [-0.2, -0.15) is 0 Å². The number of amides is 1. The first-order valence-electron chi connectivity index (χ1n) is 6.27. The molecule has 3 N–H and O–H groups in total. The molecule has 0 bridgehead atoms. The summed E-state index contributed by atoms with van der Waals surface area (Å²) in [4.78, 5) is 13.6. The second kappa shape index (κ2) is 5.86. The smallest absolute Gasteiger partial charge is 0.265 e. The molecule has 19 heavy (non-hydrogen) atoms. The molecule has 6 heteroatoms. The summed E-state index contributed by atoms with van der Waals surface area (Å²) in [5.41, 5.74) is 5.86. The Morgan fingerprint density at radius 2 is 2.05 bits per heavy atom. The molecule has 0 spiro atoms. The monoisotopic (exact) mass is 269 g/mol.